The van der Waals surface area contributed by atoms with Crippen molar-refractivity contribution in [2.24, 2.45) is 15.4 Å². The molecular formula is C12H15F3N4O2S. The summed E-state index contributed by atoms with van der Waals surface area (Å²) in [6.45, 7) is 3.12. The van der Waals surface area contributed by atoms with Crippen LogP contribution in [0.5, 0.6) is 0 Å². The number of amides is 2. The largest absolute Gasteiger partial charge is 0.433 e. The van der Waals surface area contributed by atoms with Crippen molar-refractivity contribution < 1.29 is 22.2 Å². The first-order valence-electron chi connectivity index (χ1n) is 6.43. The molecule has 2 unspecified atom stereocenters. The highest BCUT2D eigenvalue weighted by molar-refractivity contribution is 7.72. The highest BCUT2D eigenvalue weighted by Gasteiger charge is 2.38. The van der Waals surface area contributed by atoms with Crippen molar-refractivity contribution in [3.8, 4) is 0 Å². The molecule has 0 spiro atoms. The van der Waals surface area contributed by atoms with Gasteiger partial charge in [0.2, 0.25) is 0 Å². The zero-order chi connectivity index (χ0) is 16.7. The number of carbonyl (C=O) groups is 1. The molecule has 0 saturated carbocycles. The summed E-state index contributed by atoms with van der Waals surface area (Å²) in [5, 5.41) is 7.17. The van der Waals surface area contributed by atoms with Gasteiger partial charge in [0.1, 0.15) is 16.5 Å². The van der Waals surface area contributed by atoms with Crippen LogP contribution in [0.1, 0.15) is 29.4 Å². The molecule has 2 rings (SSSR count). The Labute approximate surface area is 126 Å². The van der Waals surface area contributed by atoms with Crippen LogP contribution in [0.15, 0.2) is 4.36 Å². The van der Waals surface area contributed by atoms with Gasteiger partial charge in [0, 0.05) is 11.3 Å². The van der Waals surface area contributed by atoms with Crippen molar-refractivity contribution in [1.82, 2.24) is 4.98 Å². The third-order valence-electron chi connectivity index (χ3n) is 3.41. The van der Waals surface area contributed by atoms with Gasteiger partial charge in [0.15, 0.2) is 0 Å². The van der Waals surface area contributed by atoms with Gasteiger partial charge < -0.3 is 5.32 Å². The molecule has 22 heavy (non-hydrogen) atoms. The van der Waals surface area contributed by atoms with Gasteiger partial charge in [-0.15, -0.1) is 4.36 Å². The number of hydrogen-bond acceptors (Lipinski definition) is 3. The molecular weight excluding hydrogens is 321 g/mol. The van der Waals surface area contributed by atoms with Gasteiger partial charge in [-0.25, -0.2) is 19.1 Å². The van der Waals surface area contributed by atoms with Crippen LogP contribution >= 0.6 is 0 Å². The molecule has 0 saturated heterocycles. The number of carbonyl (C=O) groups excluding carboxylic acids is 1. The lowest BCUT2D eigenvalue weighted by Gasteiger charge is -2.17. The molecule has 0 fully saturated rings. The third-order valence-corrected chi connectivity index (χ3v) is 3.79. The van der Waals surface area contributed by atoms with E-state index in [1.54, 1.807) is 0 Å². The van der Waals surface area contributed by atoms with E-state index >= 15 is 0 Å². The van der Waals surface area contributed by atoms with Gasteiger partial charge in [0.25, 0.3) is 0 Å². The smallest absolute Gasteiger partial charge is 0.305 e. The molecule has 2 amide bonds. The first kappa shape index (κ1) is 16.7. The Balaban J connectivity index is 2.56. The number of urea groups is 1. The maximum absolute atomic E-state index is 13.1. The number of nitrogens with two attached hydrogens (primary N) is 1. The van der Waals surface area contributed by atoms with Gasteiger partial charge in [-0.3, -0.25) is 0 Å². The van der Waals surface area contributed by atoms with E-state index in [0.29, 0.717) is 24.1 Å². The van der Waals surface area contributed by atoms with Gasteiger partial charge in [0.05, 0.1) is 5.69 Å². The van der Waals surface area contributed by atoms with E-state index in [1.807, 2.05) is 6.92 Å². The van der Waals surface area contributed by atoms with Crippen molar-refractivity contribution in [2.45, 2.75) is 32.9 Å². The lowest BCUT2D eigenvalue weighted by atomic mass is 10.0. The van der Waals surface area contributed by atoms with E-state index in [0.717, 1.165) is 0 Å². The molecule has 10 heteroatoms. The van der Waals surface area contributed by atoms with Crippen molar-refractivity contribution in [1.29, 1.82) is 0 Å². The molecule has 0 radical (unpaired) electrons. The van der Waals surface area contributed by atoms with Crippen molar-refractivity contribution in [3.63, 3.8) is 0 Å². The Hall–Kier alpha value is -1.68. The molecule has 3 N–H and O–H groups in total. The average Bonchev–Trinajstić information content (AvgIpc) is 2.70. The quantitative estimate of drug-likeness (QED) is 0.686. The maximum Gasteiger partial charge on any atom is 0.433 e. The van der Waals surface area contributed by atoms with E-state index in [4.69, 9.17) is 5.14 Å². The van der Waals surface area contributed by atoms with E-state index in [1.165, 1.54) is 6.92 Å². The van der Waals surface area contributed by atoms with Crippen LogP contribution in [0.4, 0.5) is 23.7 Å². The summed E-state index contributed by atoms with van der Waals surface area (Å²) in [4.78, 5) is 15.3. The van der Waals surface area contributed by atoms with Crippen LogP contribution < -0.4 is 10.5 Å². The number of nitrogens with one attached hydrogen (secondary N) is 1. The van der Waals surface area contributed by atoms with E-state index in [-0.39, 0.29) is 17.2 Å². The fourth-order valence-corrected chi connectivity index (χ4v) is 2.81. The van der Waals surface area contributed by atoms with Crippen LogP contribution in [-0.4, -0.2) is 15.2 Å². The summed E-state index contributed by atoms with van der Waals surface area (Å²) < 4.78 is 53.1. The van der Waals surface area contributed by atoms with Gasteiger partial charge >= 0.3 is 12.2 Å². The Morgan fingerprint density at radius 3 is 2.64 bits per heavy atom. The molecule has 1 aromatic rings. The predicted molar refractivity (Wildman–Crippen MR) is 75.7 cm³/mol. The van der Waals surface area contributed by atoms with Crippen molar-refractivity contribution in [2.75, 3.05) is 5.32 Å². The summed E-state index contributed by atoms with van der Waals surface area (Å²) in [5.41, 5.74) is -0.303. The second-order valence-corrected chi connectivity index (χ2v) is 6.03. The zero-order valence-electron chi connectivity index (χ0n) is 11.9. The minimum Gasteiger partial charge on any atom is -0.305 e. The van der Waals surface area contributed by atoms with Crippen molar-refractivity contribution >= 4 is 22.5 Å². The van der Waals surface area contributed by atoms with Crippen LogP contribution in [0, 0.1) is 12.8 Å². The molecule has 1 aliphatic carbocycles. The molecule has 122 valence electrons. The summed E-state index contributed by atoms with van der Waals surface area (Å²) in [6.07, 6.45) is -3.71. The maximum atomic E-state index is 13.1. The number of pyridine rings is 1. The second kappa shape index (κ2) is 5.84. The summed E-state index contributed by atoms with van der Waals surface area (Å²) in [7, 11) is -2.57. The highest BCUT2D eigenvalue weighted by atomic mass is 32.2. The fourth-order valence-electron chi connectivity index (χ4n) is 2.58. The molecule has 6 nitrogen and oxygen atoms in total. The number of nitrogens with zero attached hydrogens (tertiary/aromatic N) is 2. The predicted octanol–water partition coefficient (Wildman–Crippen LogP) is 2.21. The average molecular weight is 336 g/mol. The molecule has 1 aromatic heterocycles. The summed E-state index contributed by atoms with van der Waals surface area (Å²) >= 11 is 0. The fraction of sp³-hybridized carbons (Fsp3) is 0.500. The Morgan fingerprint density at radius 1 is 1.45 bits per heavy atom. The summed E-state index contributed by atoms with van der Waals surface area (Å²) in [6, 6.07) is -1.03. The first-order chi connectivity index (χ1) is 10.1. The lowest BCUT2D eigenvalue weighted by molar-refractivity contribution is -0.141. The Bertz CT molecular complexity index is 711. The molecule has 0 bridgehead atoms. The SMILES string of the molecule is Cc1c(C(F)(F)F)nc2c(c1NC(=O)/N=[SH](/N)=O)CC(C)C2. The normalized spacial score (nSPS) is 19.1. The topological polar surface area (TPSA) is 97.4 Å². The minimum atomic E-state index is -4.62. The Kier molecular flexibility index (Phi) is 4.43. The molecule has 2 atom stereocenters. The summed E-state index contributed by atoms with van der Waals surface area (Å²) in [5.74, 6) is 0.129. The van der Waals surface area contributed by atoms with Gasteiger partial charge in [-0.2, -0.15) is 13.2 Å². The van der Waals surface area contributed by atoms with E-state index in [9.17, 15) is 22.2 Å². The highest BCUT2D eigenvalue weighted by Crippen LogP contribution is 2.39. The second-order valence-electron chi connectivity index (χ2n) is 5.23. The third kappa shape index (κ3) is 3.38. The molecule has 0 aliphatic heterocycles. The Morgan fingerprint density at radius 2 is 2.09 bits per heavy atom. The number of aromatic nitrogens is 1. The number of rotatable bonds is 1. The number of alkyl halides is 3. The number of halogens is 3. The number of hydrogen-bond donors (Lipinski definition) is 3. The molecule has 1 heterocycles. The van der Waals surface area contributed by atoms with Crippen LogP contribution in [0.25, 0.3) is 0 Å². The number of thiol groups is 1. The lowest BCUT2D eigenvalue weighted by Crippen LogP contribution is -2.17. The minimum absolute atomic E-state index is 0.0345. The number of anilines is 1. The van der Waals surface area contributed by atoms with Crippen LogP contribution in [-0.2, 0) is 29.8 Å². The van der Waals surface area contributed by atoms with E-state index < -0.39 is 28.7 Å². The monoisotopic (exact) mass is 336 g/mol. The zero-order valence-corrected chi connectivity index (χ0v) is 12.8. The first-order valence-corrected chi connectivity index (χ1v) is 7.72. The number of fused-ring (bicyclic) bond motifs is 1. The van der Waals surface area contributed by atoms with Gasteiger partial charge in [-0.1, -0.05) is 6.92 Å². The van der Waals surface area contributed by atoms with Crippen molar-refractivity contribution in [3.05, 3.63) is 22.5 Å². The van der Waals surface area contributed by atoms with E-state index in [2.05, 4.69) is 14.7 Å². The molecule has 0 aromatic carbocycles. The van der Waals surface area contributed by atoms with Gasteiger partial charge in [-0.05, 0) is 31.2 Å². The molecule has 1 aliphatic rings. The van der Waals surface area contributed by atoms with Crippen LogP contribution in [0.2, 0.25) is 0 Å². The van der Waals surface area contributed by atoms with Crippen LogP contribution in [0.3, 0.4) is 0 Å². The standard InChI is InChI=1S/C12H15F3N4O2S/c1-5-3-7-8(4-5)17-10(12(13,14)15)6(2)9(7)18-11(20)19-22(16)21/h5,22H,3-4H2,1-2H3,(H3,16,17,18,19,20,21).